The normalized spacial score (nSPS) is 14.7. The summed E-state index contributed by atoms with van der Waals surface area (Å²) in [6, 6.07) is 11.6. The summed E-state index contributed by atoms with van der Waals surface area (Å²) in [6.07, 6.45) is 1.24. The number of hydrogen-bond donors (Lipinski definition) is 1. The Morgan fingerprint density at radius 3 is 2.55 bits per heavy atom. The highest BCUT2D eigenvalue weighted by molar-refractivity contribution is 5.94. The number of H-pyrrole nitrogens is 1. The van der Waals surface area contributed by atoms with E-state index in [4.69, 9.17) is 0 Å². The predicted molar refractivity (Wildman–Crippen MR) is 116 cm³/mol. The van der Waals surface area contributed by atoms with E-state index >= 15 is 0 Å². The molecule has 0 atom stereocenters. The summed E-state index contributed by atoms with van der Waals surface area (Å²) < 4.78 is 28.1. The van der Waals surface area contributed by atoms with Crippen molar-refractivity contribution in [1.82, 2.24) is 29.9 Å². The van der Waals surface area contributed by atoms with Gasteiger partial charge in [-0.25, -0.2) is 18.4 Å². The van der Waals surface area contributed by atoms with E-state index in [0.29, 0.717) is 48.5 Å². The number of nitrogens with one attached hydrogen (secondary N) is 1. The van der Waals surface area contributed by atoms with Gasteiger partial charge in [-0.3, -0.25) is 9.59 Å². The fourth-order valence-corrected chi connectivity index (χ4v) is 4.12. The Labute approximate surface area is 186 Å². The van der Waals surface area contributed by atoms with Crippen LogP contribution in [0.4, 0.5) is 8.78 Å². The first kappa shape index (κ1) is 20.9. The number of aromatic amines is 1. The van der Waals surface area contributed by atoms with Gasteiger partial charge in [-0.15, -0.1) is 5.10 Å². The maximum atomic E-state index is 13.5. The summed E-state index contributed by atoms with van der Waals surface area (Å²) in [5.41, 5.74) is 1.19. The molecule has 8 nitrogen and oxygen atoms in total. The van der Waals surface area contributed by atoms with E-state index in [0.717, 1.165) is 0 Å². The smallest absolute Gasteiger partial charge is 0.281 e. The summed E-state index contributed by atoms with van der Waals surface area (Å²) in [4.78, 5) is 34.4. The van der Waals surface area contributed by atoms with Crippen LogP contribution in [0.2, 0.25) is 0 Å². The van der Waals surface area contributed by atoms with Crippen molar-refractivity contribution >= 4 is 17.1 Å². The van der Waals surface area contributed by atoms with Gasteiger partial charge in [0.1, 0.15) is 17.5 Å². The third-order valence-electron chi connectivity index (χ3n) is 5.87. The molecule has 3 heterocycles. The third kappa shape index (κ3) is 4.23. The topological polar surface area (TPSA) is 96.8 Å². The second-order valence-electron chi connectivity index (χ2n) is 8.07. The van der Waals surface area contributed by atoms with Gasteiger partial charge in [0, 0.05) is 24.6 Å². The molecule has 4 aromatic rings. The van der Waals surface area contributed by atoms with Gasteiger partial charge in [0.25, 0.3) is 11.5 Å². The van der Waals surface area contributed by atoms with Gasteiger partial charge >= 0.3 is 0 Å². The molecule has 0 bridgehead atoms. The monoisotopic (exact) mass is 450 g/mol. The first-order valence-corrected chi connectivity index (χ1v) is 10.6. The molecule has 2 aromatic carbocycles. The minimum absolute atomic E-state index is 0.0445. The van der Waals surface area contributed by atoms with Crippen LogP contribution in [0.15, 0.2) is 53.3 Å². The number of amides is 1. The SMILES string of the molecule is O=C(c1ccc(F)cc1)N1CCC(c2nc3c(nnn3Cc3cccc(F)c3)c(=O)[nH]2)CC1. The van der Waals surface area contributed by atoms with Crippen LogP contribution in [-0.4, -0.2) is 48.9 Å². The molecule has 0 spiro atoms. The van der Waals surface area contributed by atoms with Crippen molar-refractivity contribution in [3.63, 3.8) is 0 Å². The molecule has 0 aliphatic carbocycles. The van der Waals surface area contributed by atoms with E-state index in [-0.39, 0.29) is 41.1 Å². The molecular weight excluding hydrogens is 430 g/mol. The lowest BCUT2D eigenvalue weighted by Crippen LogP contribution is -2.38. The van der Waals surface area contributed by atoms with Crippen LogP contribution in [0, 0.1) is 11.6 Å². The summed E-state index contributed by atoms with van der Waals surface area (Å²) in [5, 5.41) is 7.96. The quantitative estimate of drug-likeness (QED) is 0.516. The maximum Gasteiger partial charge on any atom is 0.281 e. The van der Waals surface area contributed by atoms with E-state index in [1.54, 1.807) is 17.0 Å². The summed E-state index contributed by atoms with van der Waals surface area (Å²) >= 11 is 0. The zero-order valence-electron chi connectivity index (χ0n) is 17.5. The lowest BCUT2D eigenvalue weighted by atomic mass is 9.95. The molecule has 5 rings (SSSR count). The molecular formula is C23H20F2N6O2. The van der Waals surface area contributed by atoms with Gasteiger partial charge in [0.15, 0.2) is 11.2 Å². The molecule has 1 fully saturated rings. The number of piperidine rings is 1. The summed E-state index contributed by atoms with van der Waals surface area (Å²) in [7, 11) is 0. The van der Waals surface area contributed by atoms with Crippen molar-refractivity contribution < 1.29 is 13.6 Å². The molecule has 0 radical (unpaired) electrons. The van der Waals surface area contributed by atoms with E-state index in [1.807, 2.05) is 0 Å². The first-order chi connectivity index (χ1) is 16.0. The Bertz CT molecular complexity index is 1370. The second-order valence-corrected chi connectivity index (χ2v) is 8.07. The molecule has 1 amide bonds. The largest absolute Gasteiger partial charge is 0.339 e. The molecule has 168 valence electrons. The van der Waals surface area contributed by atoms with Gasteiger partial charge in [-0.05, 0) is 54.8 Å². The minimum atomic E-state index is -0.387. The lowest BCUT2D eigenvalue weighted by molar-refractivity contribution is 0.0711. The Morgan fingerprint density at radius 2 is 1.82 bits per heavy atom. The molecule has 0 saturated carbocycles. The standard InChI is InChI=1S/C23H20F2N6O2/c24-17-6-4-16(5-7-17)23(33)30-10-8-15(9-11-30)20-26-21-19(22(32)27-20)28-29-31(21)13-14-2-1-3-18(25)12-14/h1-7,12,15H,8-11,13H2,(H,26,27,32). The van der Waals surface area contributed by atoms with Gasteiger partial charge in [-0.1, -0.05) is 17.3 Å². The zero-order chi connectivity index (χ0) is 22.9. The van der Waals surface area contributed by atoms with Gasteiger partial charge < -0.3 is 9.88 Å². The van der Waals surface area contributed by atoms with Gasteiger partial charge in [0.2, 0.25) is 0 Å². The van der Waals surface area contributed by atoms with Crippen molar-refractivity contribution in [2.75, 3.05) is 13.1 Å². The number of halogens is 2. The van der Waals surface area contributed by atoms with Gasteiger partial charge in [0.05, 0.1) is 6.54 Å². The van der Waals surface area contributed by atoms with Crippen molar-refractivity contribution in [1.29, 1.82) is 0 Å². The number of nitrogens with zero attached hydrogens (tertiary/aromatic N) is 5. The van der Waals surface area contributed by atoms with E-state index < -0.39 is 0 Å². The number of rotatable bonds is 4. The average Bonchev–Trinajstić information content (AvgIpc) is 3.22. The minimum Gasteiger partial charge on any atom is -0.339 e. The fourth-order valence-electron chi connectivity index (χ4n) is 4.12. The number of fused-ring (bicyclic) bond motifs is 1. The van der Waals surface area contributed by atoms with Crippen LogP contribution < -0.4 is 5.56 Å². The number of benzene rings is 2. The van der Waals surface area contributed by atoms with E-state index in [2.05, 4.69) is 20.3 Å². The van der Waals surface area contributed by atoms with Crippen molar-refractivity contribution in [2.24, 2.45) is 0 Å². The first-order valence-electron chi connectivity index (χ1n) is 10.6. The molecule has 1 aliphatic heterocycles. The maximum absolute atomic E-state index is 13.5. The molecule has 1 saturated heterocycles. The molecule has 10 heteroatoms. The molecule has 1 aliphatic rings. The summed E-state index contributed by atoms with van der Waals surface area (Å²) in [6.45, 7) is 1.21. The number of hydrogen-bond acceptors (Lipinski definition) is 5. The summed E-state index contributed by atoms with van der Waals surface area (Å²) in [5.74, 6) is -0.420. The Kier molecular flexibility index (Phi) is 5.41. The van der Waals surface area contributed by atoms with Crippen molar-refractivity contribution in [2.45, 2.75) is 25.3 Å². The highest BCUT2D eigenvalue weighted by Gasteiger charge is 2.27. The van der Waals surface area contributed by atoms with Crippen LogP contribution in [0.1, 0.15) is 40.5 Å². The van der Waals surface area contributed by atoms with Crippen LogP contribution >= 0.6 is 0 Å². The molecule has 2 aromatic heterocycles. The second kappa shape index (κ2) is 8.53. The average molecular weight is 450 g/mol. The number of carbonyl (C=O) groups excluding carboxylic acids is 1. The Morgan fingerprint density at radius 1 is 1.06 bits per heavy atom. The fraction of sp³-hybridized carbons (Fsp3) is 0.261. The van der Waals surface area contributed by atoms with Crippen molar-refractivity contribution in [3.05, 3.63) is 87.5 Å². The van der Waals surface area contributed by atoms with Crippen LogP contribution in [0.5, 0.6) is 0 Å². The van der Waals surface area contributed by atoms with Crippen LogP contribution in [0.3, 0.4) is 0 Å². The number of aromatic nitrogens is 5. The third-order valence-corrected chi connectivity index (χ3v) is 5.87. The Hall–Kier alpha value is -3.95. The number of likely N-dealkylation sites (tertiary alicyclic amines) is 1. The van der Waals surface area contributed by atoms with E-state index in [1.165, 1.54) is 41.1 Å². The highest BCUT2D eigenvalue weighted by Crippen LogP contribution is 2.26. The van der Waals surface area contributed by atoms with E-state index in [9.17, 15) is 18.4 Å². The van der Waals surface area contributed by atoms with Crippen LogP contribution in [-0.2, 0) is 6.54 Å². The van der Waals surface area contributed by atoms with Crippen LogP contribution in [0.25, 0.3) is 11.2 Å². The van der Waals surface area contributed by atoms with Gasteiger partial charge in [-0.2, -0.15) is 0 Å². The number of carbonyl (C=O) groups is 1. The predicted octanol–water partition coefficient (Wildman–Crippen LogP) is 2.86. The molecule has 1 N–H and O–H groups in total. The highest BCUT2D eigenvalue weighted by atomic mass is 19.1. The zero-order valence-corrected chi connectivity index (χ0v) is 17.5. The molecule has 33 heavy (non-hydrogen) atoms. The van der Waals surface area contributed by atoms with Crippen molar-refractivity contribution in [3.8, 4) is 0 Å². The lowest BCUT2D eigenvalue weighted by Gasteiger charge is -2.31. The molecule has 0 unspecified atom stereocenters. The Balaban J connectivity index is 1.34.